The van der Waals surface area contributed by atoms with Crippen molar-refractivity contribution in [2.75, 3.05) is 24.6 Å². The first-order valence-corrected chi connectivity index (χ1v) is 9.06. The minimum atomic E-state index is -0.458. The minimum Gasteiger partial charge on any atom is -0.378 e. The van der Waals surface area contributed by atoms with Gasteiger partial charge in [-0.25, -0.2) is 4.98 Å². The second-order valence-corrected chi connectivity index (χ2v) is 7.01. The van der Waals surface area contributed by atoms with E-state index in [4.69, 9.17) is 4.74 Å². The number of hydrogen-bond acceptors (Lipinski definition) is 6. The summed E-state index contributed by atoms with van der Waals surface area (Å²) in [4.78, 5) is 16.8. The van der Waals surface area contributed by atoms with Crippen LogP contribution in [0.2, 0.25) is 0 Å². The summed E-state index contributed by atoms with van der Waals surface area (Å²) in [5.74, 6) is 1.40. The molecule has 0 radical (unpaired) electrons. The summed E-state index contributed by atoms with van der Waals surface area (Å²) in [7, 11) is 0. The van der Waals surface area contributed by atoms with Gasteiger partial charge in [0.25, 0.3) is 0 Å². The molecule has 2 aromatic heterocycles. The molecule has 3 heterocycles. The highest BCUT2D eigenvalue weighted by Crippen LogP contribution is 2.27. The van der Waals surface area contributed by atoms with Gasteiger partial charge in [-0.3, -0.25) is 0 Å². The van der Waals surface area contributed by atoms with Crippen LogP contribution in [0, 0.1) is 16.0 Å². The summed E-state index contributed by atoms with van der Waals surface area (Å²) in [5.41, 5.74) is 0.491. The first kappa shape index (κ1) is 16.3. The van der Waals surface area contributed by atoms with Crippen molar-refractivity contribution < 1.29 is 9.66 Å². The molecule has 1 aliphatic carbocycles. The molecule has 2 fully saturated rings. The van der Waals surface area contributed by atoms with Crippen LogP contribution in [0.25, 0.3) is 5.65 Å². The van der Waals surface area contributed by atoms with E-state index in [1.54, 1.807) is 6.07 Å². The van der Waals surface area contributed by atoms with Crippen LogP contribution in [0.1, 0.15) is 38.5 Å². The third-order valence-corrected chi connectivity index (χ3v) is 5.33. The maximum absolute atomic E-state index is 11.1. The molecular formula is C17H23N5O3. The number of nitro groups is 1. The van der Waals surface area contributed by atoms with Gasteiger partial charge in [-0.2, -0.15) is 0 Å². The molecule has 0 aromatic carbocycles. The van der Waals surface area contributed by atoms with Crippen LogP contribution in [0.15, 0.2) is 18.3 Å². The van der Waals surface area contributed by atoms with Gasteiger partial charge in [-0.1, -0.05) is 22.5 Å². The number of piperidine rings is 1. The number of hydrogen-bond donors (Lipinski definition) is 0. The maximum Gasteiger partial charge on any atom is 0.368 e. The van der Waals surface area contributed by atoms with Crippen LogP contribution in [0.5, 0.6) is 0 Å². The highest BCUT2D eigenvalue weighted by molar-refractivity contribution is 5.49. The number of imidazole rings is 1. The van der Waals surface area contributed by atoms with E-state index in [-0.39, 0.29) is 5.82 Å². The second-order valence-electron chi connectivity index (χ2n) is 7.01. The van der Waals surface area contributed by atoms with Gasteiger partial charge in [0.15, 0.2) is 5.82 Å². The summed E-state index contributed by atoms with van der Waals surface area (Å²) in [5, 5.41) is 15.5. The van der Waals surface area contributed by atoms with Crippen molar-refractivity contribution in [1.29, 1.82) is 0 Å². The first-order valence-electron chi connectivity index (χ1n) is 9.06. The standard InChI is InChI=1S/C17H23N5O3/c23-22(24)17-11-18-15-5-6-16(19-21(15)17)20-9-7-14(8-10-20)25-12-13-3-1-2-4-13/h5-6,11,13-14H,1-4,7-10,12H2. The Hall–Kier alpha value is -2.22. The Labute approximate surface area is 145 Å². The largest absolute Gasteiger partial charge is 0.378 e. The molecule has 2 aromatic rings. The van der Waals surface area contributed by atoms with Crippen molar-refractivity contribution in [2.45, 2.75) is 44.6 Å². The van der Waals surface area contributed by atoms with E-state index in [0.29, 0.717) is 11.8 Å². The highest BCUT2D eigenvalue weighted by atomic mass is 16.6. The van der Waals surface area contributed by atoms with E-state index >= 15 is 0 Å². The molecule has 2 aliphatic rings. The molecule has 8 heteroatoms. The lowest BCUT2D eigenvalue weighted by atomic mass is 10.1. The van der Waals surface area contributed by atoms with Gasteiger partial charge in [-0.05, 0) is 42.6 Å². The summed E-state index contributed by atoms with van der Waals surface area (Å²) in [6.45, 7) is 2.61. The van der Waals surface area contributed by atoms with E-state index in [1.807, 2.05) is 6.07 Å². The van der Waals surface area contributed by atoms with Gasteiger partial charge in [0.1, 0.15) is 6.20 Å². The van der Waals surface area contributed by atoms with Crippen molar-refractivity contribution in [1.82, 2.24) is 14.6 Å². The Morgan fingerprint density at radius 1 is 1.20 bits per heavy atom. The van der Waals surface area contributed by atoms with Crippen LogP contribution < -0.4 is 4.90 Å². The zero-order valence-corrected chi connectivity index (χ0v) is 14.2. The van der Waals surface area contributed by atoms with Gasteiger partial charge in [-0.15, -0.1) is 0 Å². The summed E-state index contributed by atoms with van der Waals surface area (Å²) >= 11 is 0. The molecule has 0 unspecified atom stereocenters. The van der Waals surface area contributed by atoms with Crippen LogP contribution in [-0.4, -0.2) is 45.3 Å². The molecule has 25 heavy (non-hydrogen) atoms. The highest BCUT2D eigenvalue weighted by Gasteiger charge is 2.24. The lowest BCUT2D eigenvalue weighted by Gasteiger charge is -2.32. The van der Waals surface area contributed by atoms with Crippen LogP contribution in [0.4, 0.5) is 11.6 Å². The summed E-state index contributed by atoms with van der Waals surface area (Å²) in [6.07, 6.45) is 8.83. The third-order valence-electron chi connectivity index (χ3n) is 5.33. The maximum atomic E-state index is 11.1. The molecule has 1 saturated carbocycles. The van der Waals surface area contributed by atoms with Gasteiger partial charge >= 0.3 is 5.82 Å². The Bertz CT molecular complexity index is 748. The van der Waals surface area contributed by atoms with Crippen LogP contribution in [-0.2, 0) is 4.74 Å². The normalized spacial score (nSPS) is 19.8. The molecule has 4 rings (SSSR count). The first-order chi connectivity index (χ1) is 12.2. The van der Waals surface area contributed by atoms with E-state index in [1.165, 1.54) is 36.4 Å². The topological polar surface area (TPSA) is 85.8 Å². The fourth-order valence-corrected chi connectivity index (χ4v) is 3.85. The number of fused-ring (bicyclic) bond motifs is 1. The number of ether oxygens (including phenoxy) is 1. The van der Waals surface area contributed by atoms with E-state index in [2.05, 4.69) is 15.0 Å². The molecule has 1 saturated heterocycles. The average Bonchev–Trinajstić information content (AvgIpc) is 3.29. The molecule has 0 bridgehead atoms. The van der Waals surface area contributed by atoms with E-state index in [9.17, 15) is 10.1 Å². The van der Waals surface area contributed by atoms with E-state index in [0.717, 1.165) is 44.3 Å². The van der Waals surface area contributed by atoms with Gasteiger partial charge in [0.05, 0.1) is 6.10 Å². The Kier molecular flexibility index (Phi) is 4.52. The van der Waals surface area contributed by atoms with Crippen molar-refractivity contribution in [3.63, 3.8) is 0 Å². The quantitative estimate of drug-likeness (QED) is 0.612. The Morgan fingerprint density at radius 2 is 1.96 bits per heavy atom. The molecule has 8 nitrogen and oxygen atoms in total. The number of anilines is 1. The second kappa shape index (κ2) is 6.95. The smallest absolute Gasteiger partial charge is 0.368 e. The van der Waals surface area contributed by atoms with Crippen molar-refractivity contribution in [3.05, 3.63) is 28.4 Å². The Balaban J connectivity index is 1.37. The van der Waals surface area contributed by atoms with Crippen molar-refractivity contribution >= 4 is 17.3 Å². The van der Waals surface area contributed by atoms with Crippen molar-refractivity contribution in [3.8, 4) is 0 Å². The molecule has 1 aliphatic heterocycles. The van der Waals surface area contributed by atoms with Crippen LogP contribution >= 0.6 is 0 Å². The number of aromatic nitrogens is 3. The summed E-state index contributed by atoms with van der Waals surface area (Å²) in [6, 6.07) is 3.66. The zero-order chi connectivity index (χ0) is 17.2. The molecular weight excluding hydrogens is 322 g/mol. The third kappa shape index (κ3) is 3.44. The molecule has 0 spiro atoms. The molecule has 134 valence electrons. The molecule has 0 N–H and O–H groups in total. The van der Waals surface area contributed by atoms with Crippen LogP contribution in [0.3, 0.4) is 0 Å². The predicted octanol–water partition coefficient (Wildman–Crippen LogP) is 2.81. The molecule has 0 amide bonds. The average molecular weight is 345 g/mol. The lowest BCUT2D eigenvalue weighted by molar-refractivity contribution is -0.391. The number of nitrogens with zero attached hydrogens (tertiary/aromatic N) is 5. The van der Waals surface area contributed by atoms with Gasteiger partial charge in [0, 0.05) is 25.8 Å². The molecule has 0 atom stereocenters. The van der Waals surface area contributed by atoms with Gasteiger partial charge < -0.3 is 19.8 Å². The number of rotatable bonds is 5. The van der Waals surface area contributed by atoms with Crippen molar-refractivity contribution in [2.24, 2.45) is 5.92 Å². The Morgan fingerprint density at radius 3 is 2.68 bits per heavy atom. The fourth-order valence-electron chi connectivity index (χ4n) is 3.85. The zero-order valence-electron chi connectivity index (χ0n) is 14.2. The minimum absolute atomic E-state index is 0.105. The monoisotopic (exact) mass is 345 g/mol. The SMILES string of the molecule is O=[N+]([O-])c1cnc2ccc(N3CCC(OCC4CCCC4)CC3)nn12. The predicted molar refractivity (Wildman–Crippen MR) is 92.8 cm³/mol. The lowest BCUT2D eigenvalue weighted by Crippen LogP contribution is -2.38. The van der Waals surface area contributed by atoms with E-state index < -0.39 is 4.92 Å². The summed E-state index contributed by atoms with van der Waals surface area (Å²) < 4.78 is 7.41. The fraction of sp³-hybridized carbons (Fsp3) is 0.647. The van der Waals surface area contributed by atoms with Gasteiger partial charge in [0.2, 0.25) is 5.65 Å².